The fraction of sp³-hybridized carbons (Fsp3) is 0.667. The van der Waals surface area contributed by atoms with E-state index in [0.29, 0.717) is 5.15 Å². The number of halogens is 1. The Labute approximate surface area is 97.7 Å². The molecular weight excluding hydrogens is 236 g/mol. The van der Waals surface area contributed by atoms with Gasteiger partial charge in [0.1, 0.15) is 5.15 Å². The first-order valence-corrected chi connectivity index (χ1v) is 7.08. The van der Waals surface area contributed by atoms with Crippen LogP contribution in [0.3, 0.4) is 0 Å². The van der Waals surface area contributed by atoms with Gasteiger partial charge in [0.15, 0.2) is 5.13 Å². The summed E-state index contributed by atoms with van der Waals surface area (Å²) in [6.07, 6.45) is 1.24. The summed E-state index contributed by atoms with van der Waals surface area (Å²) >= 11 is 9.53. The van der Waals surface area contributed by atoms with Crippen molar-refractivity contribution in [3.63, 3.8) is 0 Å². The maximum Gasteiger partial charge on any atom is 0.186 e. The Bertz CT molecular complexity index is 303. The van der Waals surface area contributed by atoms with Crippen LogP contribution in [0.4, 0.5) is 5.13 Å². The number of anilines is 1. The van der Waals surface area contributed by atoms with Crippen LogP contribution >= 0.6 is 34.7 Å². The molecule has 1 fully saturated rings. The highest BCUT2D eigenvalue weighted by molar-refractivity contribution is 8.00. The molecular formula is C9H13ClN2S2. The van der Waals surface area contributed by atoms with Crippen molar-refractivity contribution in [2.75, 3.05) is 23.7 Å². The highest BCUT2D eigenvalue weighted by atomic mass is 35.5. The highest BCUT2D eigenvalue weighted by Gasteiger charge is 2.20. The van der Waals surface area contributed by atoms with Gasteiger partial charge in [-0.05, 0) is 6.42 Å². The van der Waals surface area contributed by atoms with Crippen LogP contribution in [0, 0.1) is 0 Å². The standard InChI is InChI=1S/C9H13ClN2S2/c1-2-7-5-12(3-4-13-7)9-11-8(10)6-14-9/h6-7H,2-5H2,1H3. The quantitative estimate of drug-likeness (QED) is 0.800. The van der Waals surface area contributed by atoms with E-state index in [1.54, 1.807) is 11.3 Å². The van der Waals surface area contributed by atoms with E-state index in [0.717, 1.165) is 23.5 Å². The fourth-order valence-corrected chi connectivity index (χ4v) is 3.70. The van der Waals surface area contributed by atoms with E-state index in [9.17, 15) is 0 Å². The van der Waals surface area contributed by atoms with Crippen molar-refractivity contribution in [1.82, 2.24) is 4.98 Å². The normalized spacial score (nSPS) is 22.7. The zero-order valence-corrected chi connectivity index (χ0v) is 10.5. The van der Waals surface area contributed by atoms with Crippen LogP contribution in [-0.4, -0.2) is 29.1 Å². The van der Waals surface area contributed by atoms with Crippen molar-refractivity contribution in [3.05, 3.63) is 10.5 Å². The van der Waals surface area contributed by atoms with Gasteiger partial charge in [0.2, 0.25) is 0 Å². The van der Waals surface area contributed by atoms with E-state index in [1.807, 2.05) is 5.38 Å². The minimum absolute atomic E-state index is 0.622. The first-order chi connectivity index (χ1) is 6.79. The zero-order valence-electron chi connectivity index (χ0n) is 8.07. The molecule has 1 atom stereocenters. The Morgan fingerprint density at radius 2 is 2.57 bits per heavy atom. The van der Waals surface area contributed by atoms with Crippen molar-refractivity contribution >= 4 is 39.8 Å². The monoisotopic (exact) mass is 248 g/mol. The van der Waals surface area contributed by atoms with Crippen LogP contribution in [0.1, 0.15) is 13.3 Å². The Balaban J connectivity index is 2.04. The topological polar surface area (TPSA) is 16.1 Å². The van der Waals surface area contributed by atoms with Crippen molar-refractivity contribution in [2.24, 2.45) is 0 Å². The summed E-state index contributed by atoms with van der Waals surface area (Å²) in [4.78, 5) is 6.65. The van der Waals surface area contributed by atoms with E-state index >= 15 is 0 Å². The number of rotatable bonds is 2. The molecule has 0 aliphatic carbocycles. The van der Waals surface area contributed by atoms with E-state index < -0.39 is 0 Å². The third-order valence-corrected chi connectivity index (χ3v) is 4.93. The van der Waals surface area contributed by atoms with Crippen molar-refractivity contribution in [2.45, 2.75) is 18.6 Å². The fourth-order valence-electron chi connectivity index (χ4n) is 1.53. The lowest BCUT2D eigenvalue weighted by molar-refractivity contribution is 0.726. The van der Waals surface area contributed by atoms with Gasteiger partial charge in [0.05, 0.1) is 0 Å². The van der Waals surface area contributed by atoms with Gasteiger partial charge >= 0.3 is 0 Å². The van der Waals surface area contributed by atoms with Gasteiger partial charge in [-0.25, -0.2) is 4.98 Å². The molecule has 0 amide bonds. The highest BCUT2D eigenvalue weighted by Crippen LogP contribution is 2.29. The van der Waals surface area contributed by atoms with Crippen LogP contribution in [0.5, 0.6) is 0 Å². The van der Waals surface area contributed by atoms with Gasteiger partial charge in [0.25, 0.3) is 0 Å². The molecule has 0 radical (unpaired) electrons. The van der Waals surface area contributed by atoms with Gasteiger partial charge < -0.3 is 4.90 Å². The second kappa shape index (κ2) is 4.73. The second-order valence-electron chi connectivity index (χ2n) is 3.30. The lowest BCUT2D eigenvalue weighted by atomic mass is 10.3. The Morgan fingerprint density at radius 3 is 3.21 bits per heavy atom. The molecule has 1 aliphatic rings. The maximum absolute atomic E-state index is 5.82. The summed E-state index contributed by atoms with van der Waals surface area (Å²) in [5, 5.41) is 4.36. The minimum atomic E-state index is 0.622. The van der Waals surface area contributed by atoms with Crippen LogP contribution in [0.15, 0.2) is 5.38 Å². The maximum atomic E-state index is 5.82. The van der Waals surface area contributed by atoms with Gasteiger partial charge in [-0.1, -0.05) is 18.5 Å². The van der Waals surface area contributed by atoms with Gasteiger partial charge in [-0.3, -0.25) is 0 Å². The molecule has 5 heteroatoms. The first kappa shape index (κ1) is 10.6. The SMILES string of the molecule is CCC1CN(c2nc(Cl)cs2)CCS1. The summed E-state index contributed by atoms with van der Waals surface area (Å²) in [5.74, 6) is 1.20. The molecule has 0 N–H and O–H groups in total. The average molecular weight is 249 g/mol. The predicted octanol–water partition coefficient (Wildman–Crippen LogP) is 3.13. The number of thiazole rings is 1. The molecule has 14 heavy (non-hydrogen) atoms. The molecule has 1 aromatic heterocycles. The average Bonchev–Trinajstić information content (AvgIpc) is 2.65. The molecule has 0 spiro atoms. The van der Waals surface area contributed by atoms with Crippen LogP contribution in [0.2, 0.25) is 5.15 Å². The second-order valence-corrected chi connectivity index (χ2v) is 5.93. The molecule has 2 heterocycles. The molecule has 1 saturated heterocycles. The number of thioether (sulfide) groups is 1. The van der Waals surface area contributed by atoms with Crippen LogP contribution in [-0.2, 0) is 0 Å². The van der Waals surface area contributed by atoms with E-state index in [1.165, 1.54) is 12.2 Å². The molecule has 1 aliphatic heterocycles. The molecule has 2 rings (SSSR count). The van der Waals surface area contributed by atoms with Crippen molar-refractivity contribution in [3.8, 4) is 0 Å². The van der Waals surface area contributed by atoms with E-state index in [2.05, 4.69) is 28.6 Å². The van der Waals surface area contributed by atoms with Crippen molar-refractivity contribution < 1.29 is 0 Å². The third kappa shape index (κ3) is 2.35. The number of hydrogen-bond acceptors (Lipinski definition) is 4. The summed E-state index contributed by atoms with van der Waals surface area (Å²) in [6, 6.07) is 0. The number of nitrogens with zero attached hydrogens (tertiary/aromatic N) is 2. The lowest BCUT2D eigenvalue weighted by Gasteiger charge is -2.31. The zero-order chi connectivity index (χ0) is 9.97. The van der Waals surface area contributed by atoms with Gasteiger partial charge in [-0.15, -0.1) is 11.3 Å². The largest absolute Gasteiger partial charge is 0.346 e. The van der Waals surface area contributed by atoms with Crippen molar-refractivity contribution in [1.29, 1.82) is 0 Å². The Kier molecular flexibility index (Phi) is 3.57. The minimum Gasteiger partial charge on any atom is -0.346 e. The number of hydrogen-bond donors (Lipinski definition) is 0. The summed E-state index contributed by atoms with van der Waals surface area (Å²) in [5.41, 5.74) is 0. The predicted molar refractivity (Wildman–Crippen MR) is 65.9 cm³/mol. The van der Waals surface area contributed by atoms with Crippen LogP contribution < -0.4 is 4.90 Å². The van der Waals surface area contributed by atoms with Crippen LogP contribution in [0.25, 0.3) is 0 Å². The number of aromatic nitrogens is 1. The molecule has 1 aromatic rings. The smallest absolute Gasteiger partial charge is 0.186 e. The molecule has 1 unspecified atom stereocenters. The lowest BCUT2D eigenvalue weighted by Crippen LogP contribution is -2.37. The molecule has 78 valence electrons. The summed E-state index contributed by atoms with van der Waals surface area (Å²) < 4.78 is 0. The van der Waals surface area contributed by atoms with Gasteiger partial charge in [0, 0.05) is 29.5 Å². The molecule has 0 saturated carbocycles. The molecule has 2 nitrogen and oxygen atoms in total. The Morgan fingerprint density at radius 1 is 1.71 bits per heavy atom. The summed E-state index contributed by atoms with van der Waals surface area (Å²) in [6.45, 7) is 4.46. The van der Waals surface area contributed by atoms with E-state index in [-0.39, 0.29) is 0 Å². The molecule has 0 bridgehead atoms. The first-order valence-electron chi connectivity index (χ1n) is 4.77. The van der Waals surface area contributed by atoms with Gasteiger partial charge in [-0.2, -0.15) is 11.8 Å². The van der Waals surface area contributed by atoms with E-state index in [4.69, 9.17) is 11.6 Å². The third-order valence-electron chi connectivity index (χ3n) is 2.33. The summed E-state index contributed by atoms with van der Waals surface area (Å²) in [7, 11) is 0. The molecule has 0 aromatic carbocycles. The Hall–Kier alpha value is 0.0700.